The molecule has 3 aliphatic rings. The highest BCUT2D eigenvalue weighted by atomic mass is 16.5. The van der Waals surface area contributed by atoms with Crippen molar-refractivity contribution in [2.75, 3.05) is 33.9 Å². The van der Waals surface area contributed by atoms with Gasteiger partial charge in [0.15, 0.2) is 11.5 Å². The predicted molar refractivity (Wildman–Crippen MR) is 138 cm³/mol. The van der Waals surface area contributed by atoms with E-state index in [1.165, 1.54) is 16.7 Å². The van der Waals surface area contributed by atoms with Gasteiger partial charge in [-0.1, -0.05) is 38.1 Å². The lowest BCUT2D eigenvalue weighted by Gasteiger charge is -2.36. The van der Waals surface area contributed by atoms with E-state index in [0.29, 0.717) is 24.5 Å². The van der Waals surface area contributed by atoms with Crippen LogP contribution in [0.4, 0.5) is 0 Å². The summed E-state index contributed by atoms with van der Waals surface area (Å²) in [6.07, 6.45) is 3.80. The molecule has 1 aliphatic carbocycles. The van der Waals surface area contributed by atoms with Crippen LogP contribution in [0.5, 0.6) is 11.5 Å². The van der Waals surface area contributed by atoms with Crippen molar-refractivity contribution in [1.82, 2.24) is 15.1 Å². The molecular formula is C29H39N3O3. The number of methoxy groups -OCH3 is 2. The molecule has 2 atom stereocenters. The monoisotopic (exact) mass is 477 g/mol. The molecular weight excluding hydrogens is 438 g/mol. The van der Waals surface area contributed by atoms with Crippen molar-refractivity contribution in [2.45, 2.75) is 64.2 Å². The average Bonchev–Trinajstić information content (AvgIpc) is 3.50. The zero-order valence-electron chi connectivity index (χ0n) is 21.5. The summed E-state index contributed by atoms with van der Waals surface area (Å²) in [7, 11) is 3.33. The second-order valence-corrected chi connectivity index (χ2v) is 10.8. The molecule has 2 aromatic rings. The molecule has 0 radical (unpaired) electrons. The van der Waals surface area contributed by atoms with E-state index in [-0.39, 0.29) is 11.9 Å². The quantitative estimate of drug-likeness (QED) is 0.662. The van der Waals surface area contributed by atoms with Gasteiger partial charge >= 0.3 is 0 Å². The molecule has 6 heteroatoms. The molecule has 1 saturated heterocycles. The van der Waals surface area contributed by atoms with Crippen molar-refractivity contribution in [3.05, 3.63) is 58.7 Å². The molecule has 2 aliphatic heterocycles. The van der Waals surface area contributed by atoms with Crippen molar-refractivity contribution >= 4 is 5.91 Å². The summed E-state index contributed by atoms with van der Waals surface area (Å²) in [4.78, 5) is 18.6. The predicted octanol–water partition coefficient (Wildman–Crippen LogP) is 3.44. The summed E-state index contributed by atoms with van der Waals surface area (Å²) >= 11 is 0. The van der Waals surface area contributed by atoms with Crippen LogP contribution in [0.2, 0.25) is 0 Å². The molecule has 1 amide bonds. The Morgan fingerprint density at radius 2 is 1.69 bits per heavy atom. The lowest BCUT2D eigenvalue weighted by atomic mass is 9.97. The van der Waals surface area contributed by atoms with E-state index in [0.717, 1.165) is 62.4 Å². The molecule has 5 rings (SSSR count). The van der Waals surface area contributed by atoms with Crippen molar-refractivity contribution in [2.24, 2.45) is 5.92 Å². The zero-order chi connectivity index (χ0) is 24.5. The first-order valence-electron chi connectivity index (χ1n) is 13.0. The molecule has 35 heavy (non-hydrogen) atoms. The molecule has 1 fully saturated rings. The van der Waals surface area contributed by atoms with Crippen LogP contribution < -0.4 is 14.8 Å². The summed E-state index contributed by atoms with van der Waals surface area (Å²) in [6.45, 7) is 7.80. The summed E-state index contributed by atoms with van der Waals surface area (Å²) in [5, 5.41) is 3.74. The van der Waals surface area contributed by atoms with Gasteiger partial charge in [-0.05, 0) is 72.5 Å². The Morgan fingerprint density at radius 1 is 1.03 bits per heavy atom. The highest BCUT2D eigenvalue weighted by Crippen LogP contribution is 2.35. The third-order valence-corrected chi connectivity index (χ3v) is 7.97. The summed E-state index contributed by atoms with van der Waals surface area (Å²) < 4.78 is 11.0. The maximum absolute atomic E-state index is 14.0. The highest BCUT2D eigenvalue weighted by molar-refractivity contribution is 5.83. The number of amides is 1. The average molecular weight is 478 g/mol. The van der Waals surface area contributed by atoms with Crippen LogP contribution in [0.15, 0.2) is 36.4 Å². The van der Waals surface area contributed by atoms with E-state index in [4.69, 9.17) is 9.47 Å². The van der Waals surface area contributed by atoms with Gasteiger partial charge in [0, 0.05) is 31.7 Å². The Labute approximate surface area is 209 Å². The number of likely N-dealkylation sites (tertiary alicyclic amines) is 1. The van der Waals surface area contributed by atoms with Crippen LogP contribution in [0.1, 0.15) is 42.5 Å². The second-order valence-electron chi connectivity index (χ2n) is 10.8. The van der Waals surface area contributed by atoms with Gasteiger partial charge in [-0.2, -0.15) is 0 Å². The largest absolute Gasteiger partial charge is 0.493 e. The van der Waals surface area contributed by atoms with Gasteiger partial charge in [0.25, 0.3) is 0 Å². The molecule has 0 bridgehead atoms. The molecule has 0 spiro atoms. The lowest BCUT2D eigenvalue weighted by molar-refractivity contribution is -0.137. The first kappa shape index (κ1) is 24.1. The number of nitrogens with one attached hydrogen (secondary N) is 1. The molecule has 2 heterocycles. The van der Waals surface area contributed by atoms with Crippen LogP contribution in [-0.2, 0) is 30.6 Å². The van der Waals surface area contributed by atoms with Crippen molar-refractivity contribution < 1.29 is 14.3 Å². The van der Waals surface area contributed by atoms with Crippen molar-refractivity contribution in [1.29, 1.82) is 0 Å². The van der Waals surface area contributed by atoms with Gasteiger partial charge in [0.1, 0.15) is 0 Å². The number of rotatable bonds is 7. The van der Waals surface area contributed by atoms with Gasteiger partial charge in [0.2, 0.25) is 5.91 Å². The van der Waals surface area contributed by atoms with E-state index in [1.807, 2.05) is 6.07 Å². The number of carbonyl (C=O) groups excluding carboxylic acids is 1. The minimum atomic E-state index is -0.0688. The smallest absolute Gasteiger partial charge is 0.240 e. The Kier molecular flexibility index (Phi) is 7.03. The Bertz CT molecular complexity index is 1040. The highest BCUT2D eigenvalue weighted by Gasteiger charge is 2.43. The van der Waals surface area contributed by atoms with Crippen LogP contribution in [0.25, 0.3) is 0 Å². The van der Waals surface area contributed by atoms with Crippen molar-refractivity contribution in [3.63, 3.8) is 0 Å². The fraction of sp³-hybridized carbons (Fsp3) is 0.552. The maximum Gasteiger partial charge on any atom is 0.240 e. The molecule has 1 N–H and O–H groups in total. The zero-order valence-corrected chi connectivity index (χ0v) is 21.5. The van der Waals surface area contributed by atoms with Gasteiger partial charge < -0.3 is 19.7 Å². The Balaban J connectivity index is 1.34. The topological polar surface area (TPSA) is 54.0 Å². The standard InChI is InChI=1S/C29H39N3O3/c1-19(2)16-30-24-15-26(32(18-24)25-11-20-7-5-6-8-21(20)12-25)29(33)31-10-9-22-13-27(34-3)28(35-4)14-23(22)17-31/h5-8,13-14,19,24-26,30H,9-12,15-18H2,1-4H3/t24-,26-/m0/s1. The van der Waals surface area contributed by atoms with E-state index in [9.17, 15) is 4.79 Å². The number of carbonyl (C=O) groups is 1. The summed E-state index contributed by atoms with van der Waals surface area (Å²) in [5.74, 6) is 2.35. The Morgan fingerprint density at radius 3 is 2.31 bits per heavy atom. The van der Waals surface area contributed by atoms with Gasteiger partial charge in [-0.25, -0.2) is 0 Å². The minimum absolute atomic E-state index is 0.0688. The number of hydrogen-bond donors (Lipinski definition) is 1. The molecule has 2 aromatic carbocycles. The summed E-state index contributed by atoms with van der Waals surface area (Å²) in [6, 6.07) is 13.6. The van der Waals surface area contributed by atoms with E-state index in [2.05, 4.69) is 59.3 Å². The number of nitrogens with zero attached hydrogens (tertiary/aromatic N) is 2. The Hall–Kier alpha value is -2.57. The first-order valence-corrected chi connectivity index (χ1v) is 13.0. The van der Waals surface area contributed by atoms with Crippen LogP contribution in [0, 0.1) is 5.92 Å². The minimum Gasteiger partial charge on any atom is -0.493 e. The first-order chi connectivity index (χ1) is 17.0. The molecule has 0 unspecified atom stereocenters. The number of benzene rings is 2. The van der Waals surface area contributed by atoms with E-state index in [1.54, 1.807) is 14.2 Å². The molecule has 188 valence electrons. The van der Waals surface area contributed by atoms with Gasteiger partial charge in [-0.3, -0.25) is 9.69 Å². The van der Waals surface area contributed by atoms with Crippen LogP contribution in [0.3, 0.4) is 0 Å². The third-order valence-electron chi connectivity index (χ3n) is 7.97. The van der Waals surface area contributed by atoms with Crippen LogP contribution >= 0.6 is 0 Å². The van der Waals surface area contributed by atoms with Crippen molar-refractivity contribution in [3.8, 4) is 11.5 Å². The number of fused-ring (bicyclic) bond motifs is 2. The van der Waals surface area contributed by atoms with Crippen LogP contribution in [-0.4, -0.2) is 67.7 Å². The molecule has 0 aromatic heterocycles. The third kappa shape index (κ3) is 4.91. The fourth-order valence-corrected chi connectivity index (χ4v) is 6.11. The summed E-state index contributed by atoms with van der Waals surface area (Å²) in [5.41, 5.74) is 5.29. The molecule has 0 saturated carbocycles. The number of hydrogen-bond acceptors (Lipinski definition) is 5. The number of ether oxygens (including phenoxy) is 2. The van der Waals surface area contributed by atoms with Gasteiger partial charge in [-0.15, -0.1) is 0 Å². The van der Waals surface area contributed by atoms with E-state index >= 15 is 0 Å². The fourth-order valence-electron chi connectivity index (χ4n) is 6.11. The molecule has 6 nitrogen and oxygen atoms in total. The van der Waals surface area contributed by atoms with E-state index < -0.39 is 0 Å². The lowest BCUT2D eigenvalue weighted by Crippen LogP contribution is -2.50. The van der Waals surface area contributed by atoms with Gasteiger partial charge in [0.05, 0.1) is 20.3 Å². The normalized spacial score (nSPS) is 22.4. The maximum atomic E-state index is 14.0. The second kappa shape index (κ2) is 10.2. The SMILES string of the molecule is COc1cc2c(cc1OC)CN(C(=O)[C@@H]1C[C@H](NCC(C)C)CN1C1Cc3ccccc3C1)CC2.